The summed E-state index contributed by atoms with van der Waals surface area (Å²) in [5, 5.41) is 5.01. The second-order valence-corrected chi connectivity index (χ2v) is 7.30. The quantitative estimate of drug-likeness (QED) is 0.542. The lowest BCUT2D eigenvalue weighted by molar-refractivity contribution is -0.178. The molecule has 3 amide bonds. The molecule has 1 fully saturated rings. The Labute approximate surface area is 155 Å². The van der Waals surface area contributed by atoms with E-state index in [1.54, 1.807) is 24.4 Å². The van der Waals surface area contributed by atoms with Gasteiger partial charge in [-0.1, -0.05) is 0 Å². The molecule has 0 aromatic carbocycles. The number of hydrogen-bond acceptors (Lipinski definition) is 7. The maximum atomic E-state index is 12.8. The minimum absolute atomic E-state index is 0.111. The largest absolute Gasteiger partial charge is 0.369 e. The van der Waals surface area contributed by atoms with E-state index >= 15 is 0 Å². The molecule has 26 heavy (non-hydrogen) atoms. The molecule has 0 spiro atoms. The number of hydroxylamine groups is 2. The molecule has 3 rings (SSSR count). The highest BCUT2D eigenvalue weighted by atomic mass is 32.1. The standard InChI is InChI=1S/C17H21N3O5S/c1-18(2)25-15(22)4-3-7-19-14(21)6-5-13(17(19)24)20-8-11-9-26-10-12(11)16(20)23/h9-10,13H,3-8H2,1-2H3. The third-order valence-corrected chi connectivity index (χ3v) is 5.27. The van der Waals surface area contributed by atoms with Crippen LogP contribution >= 0.6 is 11.3 Å². The van der Waals surface area contributed by atoms with Crippen molar-refractivity contribution >= 4 is 35.0 Å². The fraction of sp³-hybridized carbons (Fsp3) is 0.529. The van der Waals surface area contributed by atoms with E-state index in [-0.39, 0.29) is 37.1 Å². The highest BCUT2D eigenvalue weighted by molar-refractivity contribution is 7.08. The van der Waals surface area contributed by atoms with Crippen LogP contribution in [0.4, 0.5) is 0 Å². The number of hydrogen-bond donors (Lipinski definition) is 0. The van der Waals surface area contributed by atoms with Crippen LogP contribution in [0, 0.1) is 0 Å². The number of amides is 3. The Bertz CT molecular complexity index is 745. The Morgan fingerprint density at radius 2 is 2.08 bits per heavy atom. The van der Waals surface area contributed by atoms with Crippen LogP contribution in [0.15, 0.2) is 10.8 Å². The van der Waals surface area contributed by atoms with Gasteiger partial charge in [-0.3, -0.25) is 24.1 Å². The van der Waals surface area contributed by atoms with Gasteiger partial charge in [-0.2, -0.15) is 11.3 Å². The highest BCUT2D eigenvalue weighted by Gasteiger charge is 2.42. The molecule has 2 aliphatic rings. The van der Waals surface area contributed by atoms with E-state index in [4.69, 9.17) is 4.84 Å². The lowest BCUT2D eigenvalue weighted by Gasteiger charge is -2.35. The van der Waals surface area contributed by atoms with E-state index < -0.39 is 12.0 Å². The van der Waals surface area contributed by atoms with Crippen molar-refractivity contribution in [1.82, 2.24) is 14.9 Å². The van der Waals surface area contributed by atoms with Crippen molar-refractivity contribution in [1.29, 1.82) is 0 Å². The zero-order chi connectivity index (χ0) is 18.8. The Morgan fingerprint density at radius 1 is 1.31 bits per heavy atom. The molecule has 1 aromatic heterocycles. The molecule has 0 bridgehead atoms. The molecule has 1 saturated heterocycles. The van der Waals surface area contributed by atoms with E-state index in [0.717, 1.165) is 5.56 Å². The number of thiophene rings is 1. The average molecular weight is 379 g/mol. The molecule has 0 aliphatic carbocycles. The smallest absolute Gasteiger partial charge is 0.325 e. The molecule has 1 atom stereocenters. The van der Waals surface area contributed by atoms with Crippen molar-refractivity contribution in [3.63, 3.8) is 0 Å². The molecule has 140 valence electrons. The number of carbonyl (C=O) groups is 4. The maximum absolute atomic E-state index is 12.8. The first-order chi connectivity index (χ1) is 12.4. The zero-order valence-electron chi connectivity index (χ0n) is 14.8. The van der Waals surface area contributed by atoms with E-state index in [9.17, 15) is 19.2 Å². The summed E-state index contributed by atoms with van der Waals surface area (Å²) in [6.45, 7) is 0.561. The number of rotatable bonds is 6. The van der Waals surface area contributed by atoms with Gasteiger partial charge in [0.1, 0.15) is 6.04 Å². The van der Waals surface area contributed by atoms with Crippen LogP contribution in [0.2, 0.25) is 0 Å². The normalized spacial score (nSPS) is 20.1. The van der Waals surface area contributed by atoms with Crippen molar-refractivity contribution in [3.8, 4) is 0 Å². The minimum Gasteiger partial charge on any atom is -0.369 e. The third kappa shape index (κ3) is 3.63. The summed E-state index contributed by atoms with van der Waals surface area (Å²) in [6, 6.07) is -0.619. The minimum atomic E-state index is -0.619. The van der Waals surface area contributed by atoms with Crippen molar-refractivity contribution < 1.29 is 24.0 Å². The molecule has 0 N–H and O–H groups in total. The summed E-state index contributed by atoms with van der Waals surface area (Å²) in [5.41, 5.74) is 1.58. The van der Waals surface area contributed by atoms with Gasteiger partial charge in [0.15, 0.2) is 0 Å². The van der Waals surface area contributed by atoms with Gasteiger partial charge in [-0.05, 0) is 23.8 Å². The molecule has 1 unspecified atom stereocenters. The maximum Gasteiger partial charge on any atom is 0.325 e. The lowest BCUT2D eigenvalue weighted by atomic mass is 10.0. The summed E-state index contributed by atoms with van der Waals surface area (Å²) in [6.07, 6.45) is 1.00. The number of fused-ring (bicyclic) bond motifs is 1. The summed E-state index contributed by atoms with van der Waals surface area (Å²) >= 11 is 1.47. The van der Waals surface area contributed by atoms with E-state index in [1.807, 2.05) is 5.38 Å². The Morgan fingerprint density at radius 3 is 2.77 bits per heavy atom. The first kappa shape index (κ1) is 18.5. The summed E-state index contributed by atoms with van der Waals surface area (Å²) in [4.78, 5) is 56.6. The van der Waals surface area contributed by atoms with Crippen molar-refractivity contribution in [2.75, 3.05) is 20.6 Å². The molecular weight excluding hydrogens is 358 g/mol. The van der Waals surface area contributed by atoms with Gasteiger partial charge in [0.2, 0.25) is 5.91 Å². The first-order valence-corrected chi connectivity index (χ1v) is 9.41. The van der Waals surface area contributed by atoms with Gasteiger partial charge in [0, 0.05) is 45.4 Å². The highest BCUT2D eigenvalue weighted by Crippen LogP contribution is 2.31. The topological polar surface area (TPSA) is 87.2 Å². The summed E-state index contributed by atoms with van der Waals surface area (Å²) < 4.78 is 0. The predicted octanol–water partition coefficient (Wildman–Crippen LogP) is 1.02. The average Bonchev–Trinajstić information content (AvgIpc) is 3.14. The van der Waals surface area contributed by atoms with E-state index in [0.29, 0.717) is 24.9 Å². The van der Waals surface area contributed by atoms with Crippen LogP contribution in [0.5, 0.6) is 0 Å². The molecule has 0 radical (unpaired) electrons. The van der Waals surface area contributed by atoms with Crippen molar-refractivity contribution in [2.45, 2.75) is 38.3 Å². The zero-order valence-corrected chi connectivity index (χ0v) is 15.6. The van der Waals surface area contributed by atoms with Crippen LogP contribution in [0.1, 0.15) is 41.6 Å². The molecule has 3 heterocycles. The van der Waals surface area contributed by atoms with Crippen molar-refractivity contribution in [2.24, 2.45) is 0 Å². The van der Waals surface area contributed by atoms with Crippen LogP contribution < -0.4 is 0 Å². The monoisotopic (exact) mass is 379 g/mol. The Balaban J connectivity index is 1.60. The Kier molecular flexibility index (Phi) is 5.38. The summed E-state index contributed by atoms with van der Waals surface area (Å²) in [5.74, 6) is -1.18. The number of likely N-dealkylation sites (tertiary alicyclic amines) is 1. The van der Waals surface area contributed by atoms with E-state index in [1.165, 1.54) is 21.3 Å². The Hall–Kier alpha value is -2.26. The van der Waals surface area contributed by atoms with Gasteiger partial charge in [-0.25, -0.2) is 0 Å². The number of nitrogens with zero attached hydrogens (tertiary/aromatic N) is 3. The van der Waals surface area contributed by atoms with Gasteiger partial charge in [-0.15, -0.1) is 5.06 Å². The summed E-state index contributed by atoms with van der Waals surface area (Å²) in [7, 11) is 3.21. The number of carbonyl (C=O) groups excluding carboxylic acids is 4. The van der Waals surface area contributed by atoms with Gasteiger partial charge in [0.25, 0.3) is 11.8 Å². The van der Waals surface area contributed by atoms with Gasteiger partial charge < -0.3 is 9.74 Å². The molecule has 2 aliphatic heterocycles. The van der Waals surface area contributed by atoms with Crippen LogP contribution in [0.25, 0.3) is 0 Å². The van der Waals surface area contributed by atoms with Gasteiger partial charge >= 0.3 is 5.97 Å². The second-order valence-electron chi connectivity index (χ2n) is 6.56. The number of imide groups is 1. The van der Waals surface area contributed by atoms with Crippen LogP contribution in [-0.2, 0) is 25.8 Å². The van der Waals surface area contributed by atoms with Gasteiger partial charge in [0.05, 0.1) is 5.56 Å². The fourth-order valence-electron chi connectivity index (χ4n) is 3.27. The first-order valence-electron chi connectivity index (χ1n) is 8.47. The molecule has 8 nitrogen and oxygen atoms in total. The van der Waals surface area contributed by atoms with Crippen molar-refractivity contribution in [3.05, 3.63) is 21.9 Å². The fourth-order valence-corrected chi connectivity index (χ4v) is 4.09. The number of piperidine rings is 1. The molecule has 0 saturated carbocycles. The lowest BCUT2D eigenvalue weighted by Crippen LogP contribution is -2.54. The molecule has 1 aromatic rings. The third-order valence-electron chi connectivity index (χ3n) is 4.48. The van der Waals surface area contributed by atoms with E-state index in [2.05, 4.69) is 0 Å². The SMILES string of the molecule is CN(C)OC(=O)CCCN1C(=O)CCC(N2Cc3cscc3C2=O)C1=O. The predicted molar refractivity (Wildman–Crippen MR) is 92.9 cm³/mol. The van der Waals surface area contributed by atoms with Crippen LogP contribution in [0.3, 0.4) is 0 Å². The van der Waals surface area contributed by atoms with Crippen LogP contribution in [-0.4, -0.2) is 65.2 Å². The molecule has 9 heteroatoms. The second kappa shape index (κ2) is 7.55. The molecular formula is C17H21N3O5S.